The number of nitrogens with one attached hydrogen (secondary N) is 1. The van der Waals surface area contributed by atoms with Crippen molar-refractivity contribution in [3.63, 3.8) is 0 Å². The normalized spacial score (nSPS) is 12.6. The second-order valence-corrected chi connectivity index (χ2v) is 5.10. The summed E-state index contributed by atoms with van der Waals surface area (Å²) < 4.78 is 5.08. The number of carboxylic acid groups (broad SMARTS) is 1. The maximum atomic E-state index is 11.7. The summed E-state index contributed by atoms with van der Waals surface area (Å²) in [5, 5.41) is 15.9. The van der Waals surface area contributed by atoms with E-state index in [-0.39, 0.29) is 13.0 Å². The van der Waals surface area contributed by atoms with Crippen LogP contribution in [0.15, 0.2) is 0 Å². The Morgan fingerprint density at radius 1 is 1.42 bits per heavy atom. The molecule has 6 N–H and O–H groups in total. The average molecular weight is 274 g/mol. The van der Waals surface area contributed by atoms with E-state index in [2.05, 4.69) is 0 Å². The van der Waals surface area contributed by atoms with Gasteiger partial charge in [-0.15, -0.1) is 0 Å². The van der Waals surface area contributed by atoms with E-state index in [0.29, 0.717) is 6.42 Å². The van der Waals surface area contributed by atoms with Crippen LogP contribution in [0.2, 0.25) is 0 Å². The maximum absolute atomic E-state index is 11.7. The van der Waals surface area contributed by atoms with Gasteiger partial charge >= 0.3 is 12.1 Å². The van der Waals surface area contributed by atoms with Gasteiger partial charge in [0.25, 0.3) is 0 Å². The van der Waals surface area contributed by atoms with Crippen LogP contribution in [0.1, 0.15) is 33.6 Å². The number of nitrogens with two attached hydrogens (primary N) is 2. The molecule has 1 unspecified atom stereocenters. The van der Waals surface area contributed by atoms with Gasteiger partial charge in [-0.2, -0.15) is 0 Å². The maximum Gasteiger partial charge on any atom is 0.417 e. The van der Waals surface area contributed by atoms with Crippen molar-refractivity contribution < 1.29 is 19.4 Å². The predicted octanol–water partition coefficient (Wildman–Crippen LogP) is 0.309. The Morgan fingerprint density at radius 2 is 1.95 bits per heavy atom. The molecule has 19 heavy (non-hydrogen) atoms. The van der Waals surface area contributed by atoms with Crippen molar-refractivity contribution in [2.24, 2.45) is 11.5 Å². The van der Waals surface area contributed by atoms with Gasteiger partial charge < -0.3 is 21.3 Å². The van der Waals surface area contributed by atoms with Gasteiger partial charge in [-0.1, -0.05) is 0 Å². The van der Waals surface area contributed by atoms with Gasteiger partial charge in [0.1, 0.15) is 11.6 Å². The summed E-state index contributed by atoms with van der Waals surface area (Å²) in [6.07, 6.45) is -0.238. The Morgan fingerprint density at radius 3 is 2.32 bits per heavy atom. The van der Waals surface area contributed by atoms with Crippen LogP contribution >= 0.6 is 0 Å². The van der Waals surface area contributed by atoms with Crippen molar-refractivity contribution in [2.75, 3.05) is 6.54 Å². The van der Waals surface area contributed by atoms with E-state index in [1.807, 2.05) is 0 Å². The molecule has 110 valence electrons. The highest BCUT2D eigenvalue weighted by atomic mass is 16.6. The van der Waals surface area contributed by atoms with Crippen LogP contribution in [0, 0.1) is 5.41 Å². The lowest BCUT2D eigenvalue weighted by Gasteiger charge is -2.26. The van der Waals surface area contributed by atoms with Crippen molar-refractivity contribution in [1.82, 2.24) is 4.90 Å². The molecule has 0 heterocycles. The lowest BCUT2D eigenvalue weighted by atomic mass is 10.1. The molecule has 0 aromatic rings. The van der Waals surface area contributed by atoms with E-state index in [1.54, 1.807) is 20.8 Å². The number of rotatable bonds is 5. The minimum Gasteiger partial charge on any atom is -0.480 e. The first kappa shape index (κ1) is 17.2. The molecule has 0 bridgehead atoms. The highest BCUT2D eigenvalue weighted by molar-refractivity contribution is 5.91. The summed E-state index contributed by atoms with van der Waals surface area (Å²) >= 11 is 0. The second-order valence-electron chi connectivity index (χ2n) is 5.10. The third-order valence-electron chi connectivity index (χ3n) is 2.12. The molecule has 8 heteroatoms. The molecule has 0 aliphatic carbocycles. The molecular weight excluding hydrogens is 252 g/mol. The number of nitrogens with zero attached hydrogens (tertiary/aromatic N) is 1. The lowest BCUT2D eigenvalue weighted by molar-refractivity contribution is -0.138. The molecule has 0 saturated carbocycles. The van der Waals surface area contributed by atoms with Gasteiger partial charge in [-0.25, -0.2) is 9.69 Å². The third-order valence-corrected chi connectivity index (χ3v) is 2.12. The summed E-state index contributed by atoms with van der Waals surface area (Å²) in [6, 6.07) is -0.993. The SMILES string of the molecule is CC(C)(C)OC(=O)N(CCCC(N)C(=O)O)C(=N)N. The molecule has 0 radical (unpaired) electrons. The topological polar surface area (TPSA) is 143 Å². The van der Waals surface area contributed by atoms with E-state index in [9.17, 15) is 9.59 Å². The molecule has 0 saturated heterocycles. The first-order valence-corrected chi connectivity index (χ1v) is 5.87. The number of carboxylic acids is 1. The quantitative estimate of drug-likeness (QED) is 0.419. The Hall–Kier alpha value is -1.83. The fraction of sp³-hybridized carbons (Fsp3) is 0.727. The molecule has 0 aliphatic heterocycles. The predicted molar refractivity (Wildman–Crippen MR) is 69.7 cm³/mol. The van der Waals surface area contributed by atoms with Crippen LogP contribution in [0.25, 0.3) is 0 Å². The third kappa shape index (κ3) is 7.24. The molecular formula is C11H22N4O4. The lowest BCUT2D eigenvalue weighted by Crippen LogP contribution is -2.45. The first-order valence-electron chi connectivity index (χ1n) is 5.87. The molecule has 1 atom stereocenters. The zero-order chi connectivity index (χ0) is 15.2. The highest BCUT2D eigenvalue weighted by Gasteiger charge is 2.24. The second kappa shape index (κ2) is 6.93. The first-order chi connectivity index (χ1) is 8.54. The number of amides is 1. The fourth-order valence-electron chi connectivity index (χ4n) is 1.22. The number of hydrogen-bond donors (Lipinski definition) is 4. The van der Waals surface area contributed by atoms with E-state index >= 15 is 0 Å². The zero-order valence-corrected chi connectivity index (χ0v) is 11.5. The van der Waals surface area contributed by atoms with Crippen LogP contribution in [-0.2, 0) is 9.53 Å². The van der Waals surface area contributed by atoms with Gasteiger partial charge in [-0.3, -0.25) is 10.2 Å². The largest absolute Gasteiger partial charge is 0.480 e. The summed E-state index contributed by atoms with van der Waals surface area (Å²) in [5.74, 6) is -1.55. The Bertz CT molecular complexity index is 351. The van der Waals surface area contributed by atoms with Crippen molar-refractivity contribution in [1.29, 1.82) is 5.41 Å². The zero-order valence-electron chi connectivity index (χ0n) is 11.5. The number of hydrogen-bond acceptors (Lipinski definition) is 5. The Labute approximate surface area is 112 Å². The van der Waals surface area contributed by atoms with Crippen LogP contribution in [-0.4, -0.2) is 46.2 Å². The number of ether oxygens (including phenoxy) is 1. The average Bonchev–Trinajstić information content (AvgIpc) is 2.20. The highest BCUT2D eigenvalue weighted by Crippen LogP contribution is 2.10. The van der Waals surface area contributed by atoms with Crippen LogP contribution in [0.3, 0.4) is 0 Å². The summed E-state index contributed by atoms with van der Waals surface area (Å²) in [6.45, 7) is 5.18. The summed E-state index contributed by atoms with van der Waals surface area (Å²) in [5.41, 5.74) is 9.94. The summed E-state index contributed by atoms with van der Waals surface area (Å²) in [4.78, 5) is 23.2. The van der Waals surface area contributed by atoms with Gasteiger partial charge in [0, 0.05) is 6.54 Å². The summed E-state index contributed by atoms with van der Waals surface area (Å²) in [7, 11) is 0. The van der Waals surface area contributed by atoms with E-state index in [4.69, 9.17) is 26.7 Å². The molecule has 0 aliphatic rings. The molecule has 0 fully saturated rings. The minimum atomic E-state index is -1.10. The van der Waals surface area contributed by atoms with E-state index in [1.165, 1.54) is 0 Å². The Balaban J connectivity index is 4.39. The standard InChI is InChI=1S/C11H22N4O4/c1-11(2,3)19-10(18)15(9(13)14)6-4-5-7(12)8(16)17/h7H,4-6,12H2,1-3H3,(H3,13,14)(H,16,17). The van der Waals surface area contributed by atoms with Gasteiger partial charge in [0.15, 0.2) is 5.96 Å². The molecule has 0 aromatic carbocycles. The van der Waals surface area contributed by atoms with Crippen molar-refractivity contribution >= 4 is 18.0 Å². The van der Waals surface area contributed by atoms with Crippen LogP contribution in [0.4, 0.5) is 4.79 Å². The molecule has 1 amide bonds. The molecule has 8 nitrogen and oxygen atoms in total. The Kier molecular flexibility index (Phi) is 6.26. The van der Waals surface area contributed by atoms with Gasteiger partial charge in [-0.05, 0) is 33.6 Å². The monoisotopic (exact) mass is 274 g/mol. The minimum absolute atomic E-state index is 0.0885. The number of aliphatic carboxylic acids is 1. The molecule has 0 spiro atoms. The fourth-order valence-corrected chi connectivity index (χ4v) is 1.22. The van der Waals surface area contributed by atoms with Crippen LogP contribution < -0.4 is 11.5 Å². The van der Waals surface area contributed by atoms with Crippen molar-refractivity contribution in [3.8, 4) is 0 Å². The van der Waals surface area contributed by atoms with Gasteiger partial charge in [0.2, 0.25) is 0 Å². The van der Waals surface area contributed by atoms with E-state index < -0.39 is 29.7 Å². The van der Waals surface area contributed by atoms with Gasteiger partial charge in [0.05, 0.1) is 0 Å². The van der Waals surface area contributed by atoms with Crippen LogP contribution in [0.5, 0.6) is 0 Å². The smallest absolute Gasteiger partial charge is 0.417 e. The molecule has 0 rings (SSSR count). The van der Waals surface area contributed by atoms with Crippen molar-refractivity contribution in [2.45, 2.75) is 45.3 Å². The van der Waals surface area contributed by atoms with Crippen molar-refractivity contribution in [3.05, 3.63) is 0 Å². The van der Waals surface area contributed by atoms with E-state index in [0.717, 1.165) is 4.90 Å². The number of carbonyl (C=O) groups is 2. The number of guanidine groups is 1. The number of carbonyl (C=O) groups excluding carboxylic acids is 1. The molecule has 0 aromatic heterocycles.